The number of hydrogen-bond donors (Lipinski definition) is 2. The zero-order valence-corrected chi connectivity index (χ0v) is 12.9. The Morgan fingerprint density at radius 2 is 2.04 bits per heavy atom. The third kappa shape index (κ3) is 3.77. The number of alkyl halides is 2. The molecule has 23 heavy (non-hydrogen) atoms. The van der Waals surface area contributed by atoms with Crippen LogP contribution in [0.4, 0.5) is 14.5 Å². The lowest BCUT2D eigenvalue weighted by molar-refractivity contribution is -0.140. The first-order valence-corrected chi connectivity index (χ1v) is 6.92. The molecule has 122 valence electrons. The standard InChI is InChI=1S/C13H10Cl2F2N4O2/c14-9-3-1-2-8(11(9)15)13(16,17)12(23)20-7-4-19-21(5-7)6-10(18)22/h1-5H,6H2,(H2,18,22)(H,20,23). The van der Waals surface area contributed by atoms with Gasteiger partial charge in [-0.1, -0.05) is 35.3 Å². The number of amides is 2. The highest BCUT2D eigenvalue weighted by Gasteiger charge is 2.43. The van der Waals surface area contributed by atoms with E-state index in [4.69, 9.17) is 28.9 Å². The van der Waals surface area contributed by atoms with E-state index < -0.39 is 28.3 Å². The van der Waals surface area contributed by atoms with Gasteiger partial charge in [0.05, 0.1) is 27.5 Å². The van der Waals surface area contributed by atoms with Crippen molar-refractivity contribution in [3.63, 3.8) is 0 Å². The highest BCUT2D eigenvalue weighted by Crippen LogP contribution is 2.37. The highest BCUT2D eigenvalue weighted by atomic mass is 35.5. The molecule has 0 saturated heterocycles. The van der Waals surface area contributed by atoms with Gasteiger partial charge in [-0.05, 0) is 6.07 Å². The smallest absolute Gasteiger partial charge is 0.351 e. The number of rotatable bonds is 5. The predicted octanol–water partition coefficient (Wildman–Crippen LogP) is 2.41. The number of aromatic nitrogens is 2. The van der Waals surface area contributed by atoms with Crippen LogP contribution in [-0.2, 0) is 22.1 Å². The van der Waals surface area contributed by atoms with Crippen LogP contribution in [0.5, 0.6) is 0 Å². The van der Waals surface area contributed by atoms with Crippen LogP contribution in [0.15, 0.2) is 30.6 Å². The van der Waals surface area contributed by atoms with Crippen molar-refractivity contribution in [1.82, 2.24) is 9.78 Å². The zero-order chi connectivity index (χ0) is 17.2. The van der Waals surface area contributed by atoms with Crippen molar-refractivity contribution in [1.29, 1.82) is 0 Å². The quantitative estimate of drug-likeness (QED) is 0.855. The first kappa shape index (κ1) is 17.2. The van der Waals surface area contributed by atoms with E-state index >= 15 is 0 Å². The van der Waals surface area contributed by atoms with Crippen molar-refractivity contribution >= 4 is 40.7 Å². The fraction of sp³-hybridized carbons (Fsp3) is 0.154. The van der Waals surface area contributed by atoms with E-state index in [0.717, 1.165) is 16.9 Å². The summed E-state index contributed by atoms with van der Waals surface area (Å²) in [6, 6.07) is 3.59. The molecule has 1 heterocycles. The van der Waals surface area contributed by atoms with E-state index in [0.29, 0.717) is 0 Å². The molecule has 6 nitrogen and oxygen atoms in total. The number of halogens is 4. The molecule has 0 saturated carbocycles. The molecule has 0 unspecified atom stereocenters. The molecule has 3 N–H and O–H groups in total. The Bertz CT molecular complexity index is 764. The molecule has 1 aromatic carbocycles. The molecule has 0 radical (unpaired) electrons. The monoisotopic (exact) mass is 362 g/mol. The molecule has 0 atom stereocenters. The first-order valence-electron chi connectivity index (χ1n) is 6.16. The fourth-order valence-corrected chi connectivity index (χ4v) is 2.17. The summed E-state index contributed by atoms with van der Waals surface area (Å²) in [6.45, 7) is -0.244. The Balaban J connectivity index is 2.20. The van der Waals surface area contributed by atoms with E-state index in [1.807, 2.05) is 5.32 Å². The van der Waals surface area contributed by atoms with Crippen molar-refractivity contribution in [3.8, 4) is 0 Å². The zero-order valence-electron chi connectivity index (χ0n) is 11.4. The van der Waals surface area contributed by atoms with Gasteiger partial charge in [-0.25, -0.2) is 0 Å². The molecule has 0 aliphatic rings. The molecule has 1 aromatic heterocycles. The Morgan fingerprint density at radius 1 is 1.35 bits per heavy atom. The maximum atomic E-state index is 14.2. The Labute approximate surface area is 139 Å². The summed E-state index contributed by atoms with van der Waals surface area (Å²) in [5, 5.41) is 5.20. The van der Waals surface area contributed by atoms with E-state index in [1.165, 1.54) is 18.3 Å². The molecule has 0 aliphatic heterocycles. The average molecular weight is 363 g/mol. The second kappa shape index (κ2) is 6.51. The van der Waals surface area contributed by atoms with Gasteiger partial charge in [0.2, 0.25) is 5.91 Å². The van der Waals surface area contributed by atoms with Crippen molar-refractivity contribution in [2.24, 2.45) is 5.73 Å². The molecule has 10 heteroatoms. The van der Waals surface area contributed by atoms with Crippen LogP contribution in [0.3, 0.4) is 0 Å². The molecule has 2 aromatic rings. The third-order valence-corrected chi connectivity index (χ3v) is 3.60. The molecule has 2 amide bonds. The number of nitrogens with zero attached hydrogens (tertiary/aromatic N) is 2. The topological polar surface area (TPSA) is 90.0 Å². The highest BCUT2D eigenvalue weighted by molar-refractivity contribution is 6.42. The normalized spacial score (nSPS) is 11.3. The minimum atomic E-state index is -3.91. The maximum Gasteiger partial charge on any atom is 0.351 e. The first-order chi connectivity index (χ1) is 10.7. The Kier molecular flexibility index (Phi) is 4.86. The van der Waals surface area contributed by atoms with Gasteiger partial charge < -0.3 is 11.1 Å². The summed E-state index contributed by atoms with van der Waals surface area (Å²) < 4.78 is 29.6. The molecular weight excluding hydrogens is 353 g/mol. The van der Waals surface area contributed by atoms with Crippen molar-refractivity contribution in [2.45, 2.75) is 12.5 Å². The lowest BCUT2D eigenvalue weighted by atomic mass is 10.1. The number of carbonyl (C=O) groups excluding carboxylic acids is 2. The van der Waals surface area contributed by atoms with Crippen LogP contribution < -0.4 is 11.1 Å². The van der Waals surface area contributed by atoms with Crippen LogP contribution in [0, 0.1) is 0 Å². The number of primary amides is 1. The summed E-state index contributed by atoms with van der Waals surface area (Å²) in [6.07, 6.45) is 2.30. The van der Waals surface area contributed by atoms with Gasteiger partial charge >= 0.3 is 5.92 Å². The molecular formula is C13H10Cl2F2N4O2. The largest absolute Gasteiger partial charge is 0.368 e. The van der Waals surface area contributed by atoms with E-state index in [1.54, 1.807) is 0 Å². The number of nitrogens with one attached hydrogen (secondary N) is 1. The number of carbonyl (C=O) groups is 2. The van der Waals surface area contributed by atoms with Crippen LogP contribution >= 0.6 is 23.2 Å². The summed E-state index contributed by atoms with van der Waals surface area (Å²) in [5.41, 5.74) is 4.24. The number of hydrogen-bond acceptors (Lipinski definition) is 3. The molecule has 0 spiro atoms. The van der Waals surface area contributed by atoms with Crippen molar-refractivity contribution in [2.75, 3.05) is 5.32 Å². The summed E-state index contributed by atoms with van der Waals surface area (Å²) in [5.74, 6) is -6.18. The second-order valence-electron chi connectivity index (χ2n) is 4.52. The van der Waals surface area contributed by atoms with E-state index in [-0.39, 0.29) is 17.3 Å². The fourth-order valence-electron chi connectivity index (χ4n) is 1.75. The van der Waals surface area contributed by atoms with Gasteiger partial charge in [0.15, 0.2) is 0 Å². The van der Waals surface area contributed by atoms with E-state index in [2.05, 4.69) is 5.10 Å². The summed E-state index contributed by atoms with van der Waals surface area (Å²) in [4.78, 5) is 22.6. The molecule has 2 rings (SSSR count). The van der Waals surface area contributed by atoms with Gasteiger partial charge in [-0.15, -0.1) is 0 Å². The molecule has 0 aliphatic carbocycles. The van der Waals surface area contributed by atoms with Gasteiger partial charge in [0.25, 0.3) is 5.91 Å². The average Bonchev–Trinajstić information content (AvgIpc) is 2.87. The number of benzene rings is 1. The van der Waals surface area contributed by atoms with Crippen LogP contribution in [0.2, 0.25) is 10.0 Å². The molecule has 0 fully saturated rings. The maximum absolute atomic E-state index is 14.2. The van der Waals surface area contributed by atoms with Crippen molar-refractivity contribution in [3.05, 3.63) is 46.2 Å². The Hall–Kier alpha value is -2.19. The third-order valence-electron chi connectivity index (χ3n) is 2.78. The lowest BCUT2D eigenvalue weighted by Crippen LogP contribution is -2.32. The molecule has 0 bridgehead atoms. The minimum absolute atomic E-state index is 0.0194. The van der Waals surface area contributed by atoms with Crippen LogP contribution in [0.25, 0.3) is 0 Å². The van der Waals surface area contributed by atoms with Crippen LogP contribution in [0.1, 0.15) is 5.56 Å². The number of nitrogens with two attached hydrogens (primary N) is 1. The van der Waals surface area contributed by atoms with Gasteiger partial charge in [0.1, 0.15) is 6.54 Å². The Morgan fingerprint density at radius 3 is 2.70 bits per heavy atom. The van der Waals surface area contributed by atoms with Gasteiger partial charge in [-0.3, -0.25) is 14.3 Å². The van der Waals surface area contributed by atoms with Gasteiger partial charge in [0, 0.05) is 6.20 Å². The van der Waals surface area contributed by atoms with Gasteiger partial charge in [-0.2, -0.15) is 13.9 Å². The SMILES string of the molecule is NC(=O)Cn1cc(NC(=O)C(F)(F)c2cccc(Cl)c2Cl)cn1. The predicted molar refractivity (Wildman–Crippen MR) is 80.4 cm³/mol. The van der Waals surface area contributed by atoms with Crippen LogP contribution in [-0.4, -0.2) is 21.6 Å². The van der Waals surface area contributed by atoms with E-state index in [9.17, 15) is 18.4 Å². The summed E-state index contributed by atoms with van der Waals surface area (Å²) in [7, 11) is 0. The minimum Gasteiger partial charge on any atom is -0.368 e. The number of anilines is 1. The lowest BCUT2D eigenvalue weighted by Gasteiger charge is -2.17. The second-order valence-corrected chi connectivity index (χ2v) is 5.31. The van der Waals surface area contributed by atoms with Crippen molar-refractivity contribution < 1.29 is 18.4 Å². The summed E-state index contributed by atoms with van der Waals surface area (Å²) >= 11 is 11.4.